The number of amidine groups is 1. The van der Waals surface area contributed by atoms with Gasteiger partial charge >= 0.3 is 13.1 Å². The van der Waals surface area contributed by atoms with E-state index < -0.39 is 7.26 Å². The van der Waals surface area contributed by atoms with E-state index in [2.05, 4.69) is 97.5 Å². The number of anilines is 1. The van der Waals surface area contributed by atoms with Gasteiger partial charge in [0.1, 0.15) is 5.69 Å². The lowest BCUT2D eigenvalue weighted by Gasteiger charge is -2.29. The number of hydrogen-bond donors (Lipinski definition) is 0. The van der Waals surface area contributed by atoms with E-state index in [9.17, 15) is 0 Å². The van der Waals surface area contributed by atoms with E-state index in [1.54, 1.807) is 15.4 Å². The highest BCUT2D eigenvalue weighted by Gasteiger charge is 2.48. The molecule has 6 rings (SSSR count). The molecule has 4 aromatic rings. The van der Waals surface area contributed by atoms with Crippen molar-refractivity contribution in [3.63, 3.8) is 0 Å². The van der Waals surface area contributed by atoms with Gasteiger partial charge in [0.05, 0.1) is 0 Å². The van der Waals surface area contributed by atoms with E-state index in [4.69, 9.17) is 4.99 Å². The highest BCUT2D eigenvalue weighted by Crippen LogP contribution is 2.37. The van der Waals surface area contributed by atoms with Crippen LogP contribution in [0.1, 0.15) is 62.7 Å². The standard InChI is InChI=1S/C37H36BFN3/c1-9-32-29(20-28(8)36-24(4)16-22(2)17-25(36)5)11-14-34-40-35-15-12-30-21-31(37-26(6)18-23(3)19-27(37)7)10-13-33(30)42(35)38(39)41(32)34/h9-21H,1H2,2-8H3/q+1/b28-20+. The second kappa shape index (κ2) is 10.4. The Hall–Kier alpha value is -4.51. The number of halogens is 1. The van der Waals surface area contributed by atoms with Gasteiger partial charge in [-0.2, -0.15) is 0 Å². The Bertz CT molecular complexity index is 1850. The topological polar surface area (TPSA) is 19.5 Å². The molecule has 3 heterocycles. The predicted octanol–water partition coefficient (Wildman–Crippen LogP) is 9.07. The number of aryl methyl sites for hydroxylation is 6. The van der Waals surface area contributed by atoms with Crippen molar-refractivity contribution in [2.75, 3.05) is 4.81 Å². The molecule has 0 bridgehead atoms. The summed E-state index contributed by atoms with van der Waals surface area (Å²) in [6.45, 7) is 19.0. The van der Waals surface area contributed by atoms with E-state index in [0.29, 0.717) is 17.3 Å². The van der Waals surface area contributed by atoms with Crippen LogP contribution in [0.4, 0.5) is 15.8 Å². The average Bonchev–Trinajstić information content (AvgIpc) is 2.91. The molecule has 2 aliphatic heterocycles. The molecule has 0 spiro atoms. The van der Waals surface area contributed by atoms with Gasteiger partial charge in [-0.25, -0.2) is 4.48 Å². The maximum Gasteiger partial charge on any atom is 0.727 e. The maximum absolute atomic E-state index is 16.8. The summed E-state index contributed by atoms with van der Waals surface area (Å²) in [4.78, 5) is 6.55. The Kier molecular flexibility index (Phi) is 6.85. The van der Waals surface area contributed by atoms with Crippen LogP contribution < -0.4 is 9.29 Å². The molecule has 3 nitrogen and oxygen atoms in total. The molecule has 0 saturated carbocycles. The first-order valence-electron chi connectivity index (χ1n) is 14.5. The first-order chi connectivity index (χ1) is 20.1. The minimum Gasteiger partial charge on any atom is -0.275 e. The number of benzene rings is 3. The molecule has 0 aliphatic carbocycles. The average molecular weight is 553 g/mol. The molecule has 0 fully saturated rings. The fourth-order valence-electron chi connectivity index (χ4n) is 6.97. The first-order valence-corrected chi connectivity index (χ1v) is 14.5. The van der Waals surface area contributed by atoms with Crippen molar-refractivity contribution in [3.8, 4) is 11.1 Å². The molecule has 3 aromatic carbocycles. The predicted molar refractivity (Wildman–Crippen MR) is 178 cm³/mol. The van der Waals surface area contributed by atoms with Crippen molar-refractivity contribution in [1.29, 1.82) is 0 Å². The molecule has 1 aromatic heterocycles. The van der Waals surface area contributed by atoms with Gasteiger partial charge in [-0.1, -0.05) is 48.0 Å². The summed E-state index contributed by atoms with van der Waals surface area (Å²) in [6.07, 6.45) is 7.81. The number of rotatable bonds is 4. The summed E-state index contributed by atoms with van der Waals surface area (Å²) >= 11 is 0. The third kappa shape index (κ3) is 4.54. The van der Waals surface area contributed by atoms with Crippen LogP contribution in [0.3, 0.4) is 0 Å². The van der Waals surface area contributed by atoms with Crippen molar-refractivity contribution >= 4 is 48.4 Å². The lowest BCUT2D eigenvalue weighted by atomic mass is 9.87. The van der Waals surface area contributed by atoms with E-state index in [0.717, 1.165) is 28.0 Å². The summed E-state index contributed by atoms with van der Waals surface area (Å²) in [5, 5.41) is 0. The van der Waals surface area contributed by atoms with Gasteiger partial charge in [-0.15, -0.1) is 0 Å². The zero-order valence-electron chi connectivity index (χ0n) is 25.5. The largest absolute Gasteiger partial charge is 0.727 e. The fourth-order valence-corrected chi connectivity index (χ4v) is 6.97. The molecule has 0 N–H and O–H groups in total. The fraction of sp³-hybridized carbons (Fsp3) is 0.189. The second-order valence-corrected chi connectivity index (χ2v) is 11.7. The van der Waals surface area contributed by atoms with Crippen molar-refractivity contribution in [2.45, 2.75) is 48.5 Å². The molecule has 0 atom stereocenters. The Morgan fingerprint density at radius 2 is 1.50 bits per heavy atom. The smallest absolute Gasteiger partial charge is 0.275 e. The second-order valence-electron chi connectivity index (χ2n) is 11.7. The van der Waals surface area contributed by atoms with Gasteiger partial charge in [-0.05, 0) is 140 Å². The van der Waals surface area contributed by atoms with Crippen LogP contribution in [0.5, 0.6) is 0 Å². The zero-order chi connectivity index (χ0) is 29.9. The summed E-state index contributed by atoms with van der Waals surface area (Å²) in [5.74, 6) is 1.16. The quantitative estimate of drug-likeness (QED) is 0.231. The SMILES string of the molecule is C=Cc1c(/C=C(\C)c2c(C)cc(C)cc2C)ccc2[n+]1B(F)N1C(=N2)C=Cc2cc(-c3c(C)cc(C)cc3C)ccc21. The summed E-state index contributed by atoms with van der Waals surface area (Å²) in [6, 6.07) is 19.0. The number of nitrogens with zero attached hydrogens (tertiary/aromatic N) is 3. The molecule has 2 aliphatic rings. The highest BCUT2D eigenvalue weighted by molar-refractivity contribution is 6.57. The van der Waals surface area contributed by atoms with Crippen molar-refractivity contribution in [1.82, 2.24) is 0 Å². The zero-order valence-corrected chi connectivity index (χ0v) is 25.5. The van der Waals surface area contributed by atoms with Crippen LogP contribution in [-0.2, 0) is 0 Å². The van der Waals surface area contributed by atoms with Crippen LogP contribution in [0.2, 0.25) is 0 Å². The van der Waals surface area contributed by atoms with Gasteiger partial charge in [-0.3, -0.25) is 9.13 Å². The normalized spacial score (nSPS) is 13.9. The molecule has 0 radical (unpaired) electrons. The van der Waals surface area contributed by atoms with Crippen LogP contribution in [0, 0.1) is 41.5 Å². The minimum absolute atomic E-state index is 0.566. The number of hydrogen-bond acceptors (Lipinski definition) is 2. The van der Waals surface area contributed by atoms with Gasteiger partial charge < -0.3 is 0 Å². The Balaban J connectivity index is 1.43. The maximum atomic E-state index is 16.8. The molecular formula is C37H36BFN3+. The minimum atomic E-state index is -1.48. The summed E-state index contributed by atoms with van der Waals surface area (Å²) in [7, 11) is -1.48. The van der Waals surface area contributed by atoms with Crippen LogP contribution in [0.15, 0.2) is 72.2 Å². The highest BCUT2D eigenvalue weighted by atomic mass is 19.1. The molecule has 208 valence electrons. The third-order valence-corrected chi connectivity index (χ3v) is 8.42. The van der Waals surface area contributed by atoms with E-state index in [-0.39, 0.29) is 0 Å². The van der Waals surface area contributed by atoms with Crippen molar-refractivity contribution in [3.05, 3.63) is 123 Å². The van der Waals surface area contributed by atoms with Gasteiger partial charge in [0.2, 0.25) is 5.84 Å². The van der Waals surface area contributed by atoms with E-state index in [1.165, 1.54) is 44.5 Å². The molecule has 5 heteroatoms. The van der Waals surface area contributed by atoms with Gasteiger partial charge in [0, 0.05) is 23.4 Å². The van der Waals surface area contributed by atoms with Crippen LogP contribution >= 0.6 is 0 Å². The van der Waals surface area contributed by atoms with Crippen LogP contribution in [0.25, 0.3) is 34.9 Å². The monoisotopic (exact) mass is 552 g/mol. The third-order valence-electron chi connectivity index (χ3n) is 8.42. The van der Waals surface area contributed by atoms with E-state index >= 15 is 4.32 Å². The Morgan fingerprint density at radius 1 is 0.857 bits per heavy atom. The molecule has 0 amide bonds. The summed E-state index contributed by atoms with van der Waals surface area (Å²) in [5.41, 5.74) is 15.5. The molecule has 0 unspecified atom stereocenters. The number of pyridine rings is 1. The lowest BCUT2D eigenvalue weighted by molar-refractivity contribution is -0.535. The number of aromatic nitrogens is 1. The van der Waals surface area contributed by atoms with Crippen LogP contribution in [-0.4, -0.2) is 13.1 Å². The van der Waals surface area contributed by atoms with Crippen molar-refractivity contribution < 1.29 is 8.79 Å². The molecule has 42 heavy (non-hydrogen) atoms. The first kappa shape index (κ1) is 27.7. The summed E-state index contributed by atoms with van der Waals surface area (Å²) < 4.78 is 18.4. The van der Waals surface area contributed by atoms with Crippen molar-refractivity contribution in [2.24, 2.45) is 4.99 Å². The Morgan fingerprint density at radius 3 is 2.14 bits per heavy atom. The van der Waals surface area contributed by atoms with E-state index in [1.807, 2.05) is 30.4 Å². The number of allylic oxidation sites excluding steroid dienone is 1. The molecular weight excluding hydrogens is 516 g/mol. The van der Waals surface area contributed by atoms with Gasteiger partial charge in [0.15, 0.2) is 0 Å². The van der Waals surface area contributed by atoms with Gasteiger partial charge in [0.25, 0.3) is 0 Å². The number of aliphatic imine (C=N–C) groups is 1. The molecule has 0 saturated heterocycles. The lowest BCUT2D eigenvalue weighted by Crippen LogP contribution is -2.65. The Labute approximate surface area is 249 Å². The number of fused-ring (bicyclic) bond motifs is 4.